The third-order valence-electron chi connectivity index (χ3n) is 2.56. The zero-order chi connectivity index (χ0) is 12.2. The van der Waals surface area contributed by atoms with Crippen LogP contribution in [0.1, 0.15) is 13.8 Å². The molecule has 16 heavy (non-hydrogen) atoms. The lowest BCUT2D eigenvalue weighted by molar-refractivity contribution is 0.224. The summed E-state index contributed by atoms with van der Waals surface area (Å²) in [6.45, 7) is 4.93. The Morgan fingerprint density at radius 3 is 2.62 bits per heavy atom. The fourth-order valence-electron chi connectivity index (χ4n) is 1.38. The van der Waals surface area contributed by atoms with Gasteiger partial charge in [-0.1, -0.05) is 19.9 Å². The smallest absolute Gasteiger partial charge is 0.208 e. The molecule has 0 radical (unpaired) electrons. The van der Waals surface area contributed by atoms with E-state index in [9.17, 15) is 8.42 Å². The first-order valence-corrected chi connectivity index (χ1v) is 7.25. The summed E-state index contributed by atoms with van der Waals surface area (Å²) in [6.07, 6.45) is 7.23. The van der Waals surface area contributed by atoms with Crippen LogP contribution in [0, 0.1) is 11.8 Å². The van der Waals surface area contributed by atoms with E-state index in [4.69, 9.17) is 4.74 Å². The molecule has 0 saturated carbocycles. The van der Waals surface area contributed by atoms with Crippen molar-refractivity contribution in [2.24, 2.45) is 11.8 Å². The lowest BCUT2D eigenvalue weighted by Gasteiger charge is -2.19. The maximum absolute atomic E-state index is 10.8. The number of ether oxygens (including phenoxy) is 1. The van der Waals surface area contributed by atoms with Gasteiger partial charge in [-0.3, -0.25) is 0 Å². The number of sulfonamides is 1. The van der Waals surface area contributed by atoms with Crippen molar-refractivity contribution in [2.45, 2.75) is 13.8 Å². The molecule has 1 aliphatic carbocycles. The van der Waals surface area contributed by atoms with Gasteiger partial charge in [0, 0.05) is 6.54 Å². The SMILES string of the molecule is CC1C=CC(OCCNS(C)(=O)=O)=CC1C. The monoisotopic (exact) mass is 245 g/mol. The van der Waals surface area contributed by atoms with Crippen molar-refractivity contribution in [2.75, 3.05) is 19.4 Å². The first-order chi connectivity index (χ1) is 7.38. The van der Waals surface area contributed by atoms with E-state index in [1.54, 1.807) is 0 Å². The number of allylic oxidation sites excluding steroid dienone is 3. The maximum atomic E-state index is 10.8. The van der Waals surface area contributed by atoms with Gasteiger partial charge in [0.25, 0.3) is 0 Å². The molecule has 0 aromatic carbocycles. The Morgan fingerprint density at radius 2 is 2.06 bits per heavy atom. The van der Waals surface area contributed by atoms with Gasteiger partial charge >= 0.3 is 0 Å². The van der Waals surface area contributed by atoms with E-state index in [1.165, 1.54) is 0 Å². The second-order valence-corrected chi connectivity index (χ2v) is 5.99. The first kappa shape index (κ1) is 13.3. The Bertz CT molecular complexity index is 384. The van der Waals surface area contributed by atoms with Gasteiger partial charge < -0.3 is 4.74 Å². The molecular weight excluding hydrogens is 226 g/mol. The molecule has 1 rings (SSSR count). The van der Waals surface area contributed by atoms with Crippen LogP contribution >= 0.6 is 0 Å². The highest BCUT2D eigenvalue weighted by Gasteiger charge is 2.12. The van der Waals surface area contributed by atoms with Gasteiger partial charge in [0.1, 0.15) is 12.4 Å². The summed E-state index contributed by atoms with van der Waals surface area (Å²) in [5, 5.41) is 0. The molecule has 4 nitrogen and oxygen atoms in total. The molecule has 0 fully saturated rings. The number of nitrogens with one attached hydrogen (secondary N) is 1. The van der Waals surface area contributed by atoms with Crippen LogP contribution in [0.5, 0.6) is 0 Å². The topological polar surface area (TPSA) is 55.4 Å². The van der Waals surface area contributed by atoms with Crippen LogP contribution in [0.15, 0.2) is 24.0 Å². The normalized spacial score (nSPS) is 25.3. The third kappa shape index (κ3) is 4.81. The van der Waals surface area contributed by atoms with Crippen molar-refractivity contribution >= 4 is 10.0 Å². The summed E-state index contributed by atoms with van der Waals surface area (Å²) >= 11 is 0. The van der Waals surface area contributed by atoms with Crippen LogP contribution < -0.4 is 4.72 Å². The molecule has 0 aliphatic heterocycles. The van der Waals surface area contributed by atoms with Gasteiger partial charge in [-0.25, -0.2) is 13.1 Å². The van der Waals surface area contributed by atoms with Gasteiger partial charge in [-0.15, -0.1) is 0 Å². The number of hydrogen-bond donors (Lipinski definition) is 1. The summed E-state index contributed by atoms with van der Waals surface area (Å²) in [4.78, 5) is 0. The first-order valence-electron chi connectivity index (χ1n) is 5.36. The van der Waals surface area contributed by atoms with Crippen molar-refractivity contribution in [1.29, 1.82) is 0 Å². The van der Waals surface area contributed by atoms with Crippen molar-refractivity contribution in [3.63, 3.8) is 0 Å². The fraction of sp³-hybridized carbons (Fsp3) is 0.636. The molecule has 0 aromatic rings. The van der Waals surface area contributed by atoms with Crippen LogP contribution in [-0.4, -0.2) is 27.8 Å². The van der Waals surface area contributed by atoms with E-state index >= 15 is 0 Å². The average Bonchev–Trinajstić information content (AvgIpc) is 2.17. The van der Waals surface area contributed by atoms with E-state index in [0.717, 1.165) is 12.0 Å². The van der Waals surface area contributed by atoms with Crippen LogP contribution in [0.2, 0.25) is 0 Å². The standard InChI is InChI=1S/C11H19NO3S/c1-9-4-5-11(8-10(9)2)15-7-6-12-16(3,13)14/h4-5,8-10,12H,6-7H2,1-3H3. The highest BCUT2D eigenvalue weighted by Crippen LogP contribution is 2.22. The molecule has 0 spiro atoms. The van der Waals surface area contributed by atoms with E-state index < -0.39 is 10.0 Å². The van der Waals surface area contributed by atoms with E-state index in [1.807, 2.05) is 6.08 Å². The minimum absolute atomic E-state index is 0.300. The van der Waals surface area contributed by atoms with Crippen LogP contribution in [0.4, 0.5) is 0 Å². The average molecular weight is 245 g/mol. The molecule has 0 aromatic heterocycles. The fourth-order valence-corrected chi connectivity index (χ4v) is 1.83. The van der Waals surface area contributed by atoms with Crippen LogP contribution in [0.3, 0.4) is 0 Å². The molecule has 92 valence electrons. The van der Waals surface area contributed by atoms with Crippen molar-refractivity contribution in [1.82, 2.24) is 4.72 Å². The van der Waals surface area contributed by atoms with Crippen LogP contribution in [-0.2, 0) is 14.8 Å². The van der Waals surface area contributed by atoms with Crippen molar-refractivity contribution in [3.8, 4) is 0 Å². The van der Waals surface area contributed by atoms with Crippen molar-refractivity contribution < 1.29 is 13.2 Å². The molecule has 2 atom stereocenters. The Balaban J connectivity index is 2.29. The molecule has 2 unspecified atom stereocenters. The molecule has 1 aliphatic rings. The molecule has 0 bridgehead atoms. The zero-order valence-electron chi connectivity index (χ0n) is 9.93. The van der Waals surface area contributed by atoms with Gasteiger partial charge in [0.15, 0.2) is 0 Å². The van der Waals surface area contributed by atoms with Gasteiger partial charge in [0.2, 0.25) is 10.0 Å². The Kier molecular flexibility index (Phi) is 4.56. The molecule has 0 saturated heterocycles. The third-order valence-corrected chi connectivity index (χ3v) is 3.28. The summed E-state index contributed by atoms with van der Waals surface area (Å²) in [6, 6.07) is 0. The minimum atomic E-state index is -3.11. The predicted octanol–water partition coefficient (Wildman–Crippen LogP) is 1.28. The van der Waals surface area contributed by atoms with Crippen molar-refractivity contribution in [3.05, 3.63) is 24.0 Å². The Labute approximate surface area is 97.4 Å². The summed E-state index contributed by atoms with van der Waals surface area (Å²) < 4.78 is 29.4. The Hall–Kier alpha value is -0.810. The van der Waals surface area contributed by atoms with Gasteiger partial charge in [-0.2, -0.15) is 0 Å². The second kappa shape index (κ2) is 5.50. The summed E-state index contributed by atoms with van der Waals surface area (Å²) in [5.41, 5.74) is 0. The zero-order valence-corrected chi connectivity index (χ0v) is 10.8. The van der Waals surface area contributed by atoms with Gasteiger partial charge in [0.05, 0.1) is 6.26 Å². The molecule has 5 heteroatoms. The quantitative estimate of drug-likeness (QED) is 0.742. The molecule has 0 heterocycles. The lowest BCUT2D eigenvalue weighted by atomic mass is 9.91. The van der Waals surface area contributed by atoms with E-state index in [-0.39, 0.29) is 0 Å². The summed E-state index contributed by atoms with van der Waals surface area (Å²) in [7, 11) is -3.11. The predicted molar refractivity (Wildman–Crippen MR) is 64.3 cm³/mol. The van der Waals surface area contributed by atoms with Crippen LogP contribution in [0.25, 0.3) is 0 Å². The molecule has 0 amide bonds. The minimum Gasteiger partial charge on any atom is -0.493 e. The van der Waals surface area contributed by atoms with Gasteiger partial charge in [-0.05, 0) is 24.0 Å². The number of rotatable bonds is 5. The number of hydrogen-bond acceptors (Lipinski definition) is 3. The largest absolute Gasteiger partial charge is 0.493 e. The second-order valence-electron chi connectivity index (χ2n) is 4.16. The molecular formula is C11H19NO3S. The molecule has 1 N–H and O–H groups in total. The van der Waals surface area contributed by atoms with E-state index in [0.29, 0.717) is 25.0 Å². The summed E-state index contributed by atoms with van der Waals surface area (Å²) in [5.74, 6) is 1.81. The van der Waals surface area contributed by atoms with E-state index in [2.05, 4.69) is 30.7 Å². The Morgan fingerprint density at radius 1 is 1.38 bits per heavy atom. The lowest BCUT2D eigenvalue weighted by Crippen LogP contribution is -2.26. The highest BCUT2D eigenvalue weighted by molar-refractivity contribution is 7.88. The maximum Gasteiger partial charge on any atom is 0.208 e. The highest BCUT2D eigenvalue weighted by atomic mass is 32.2.